The summed E-state index contributed by atoms with van der Waals surface area (Å²) in [5.74, 6) is -0.0162. The Balaban J connectivity index is 3.12. The van der Waals surface area contributed by atoms with Crippen molar-refractivity contribution in [3.63, 3.8) is 0 Å². The van der Waals surface area contributed by atoms with Crippen molar-refractivity contribution in [1.29, 1.82) is 0 Å². The quantitative estimate of drug-likeness (QED) is 0.867. The lowest BCUT2D eigenvalue weighted by Gasteiger charge is -2.28. The molecular weight excluding hydrogens is 304 g/mol. The molecule has 0 saturated carbocycles. The van der Waals surface area contributed by atoms with Crippen LogP contribution in [-0.4, -0.2) is 22.9 Å². The van der Waals surface area contributed by atoms with Gasteiger partial charge in [0, 0.05) is 5.75 Å². The van der Waals surface area contributed by atoms with E-state index in [0.717, 1.165) is 5.56 Å². The standard InChI is InChI=1S/C12H17BrO3S/c1-4-17(15,16)12(3,13)11(14)10-7-5-9(2)6-8-10/h5-8,11,14H,4H2,1-3H3/t11-,12-/m0/s1. The van der Waals surface area contributed by atoms with E-state index in [1.165, 1.54) is 6.92 Å². The van der Waals surface area contributed by atoms with Crippen LogP contribution in [0.1, 0.15) is 31.1 Å². The van der Waals surface area contributed by atoms with Crippen LogP contribution in [0.2, 0.25) is 0 Å². The van der Waals surface area contributed by atoms with Gasteiger partial charge in [0.1, 0.15) is 6.10 Å². The summed E-state index contributed by atoms with van der Waals surface area (Å²) in [5.41, 5.74) is 1.66. The third-order valence-electron chi connectivity index (χ3n) is 2.87. The highest BCUT2D eigenvalue weighted by molar-refractivity contribution is 9.11. The fourth-order valence-corrected chi connectivity index (χ4v) is 3.49. The minimum atomic E-state index is -3.39. The number of halogens is 1. The van der Waals surface area contributed by atoms with Gasteiger partial charge in [0.05, 0.1) is 0 Å². The Morgan fingerprint density at radius 3 is 2.24 bits per heavy atom. The molecule has 0 aliphatic heterocycles. The number of hydrogen-bond donors (Lipinski definition) is 1. The molecule has 0 bridgehead atoms. The molecule has 1 aromatic carbocycles. The Hall–Kier alpha value is -0.390. The molecule has 0 aliphatic rings. The van der Waals surface area contributed by atoms with Crippen molar-refractivity contribution in [2.75, 3.05) is 5.75 Å². The maximum absolute atomic E-state index is 11.9. The first kappa shape index (κ1) is 14.7. The number of aliphatic hydroxyl groups excluding tert-OH is 1. The smallest absolute Gasteiger partial charge is 0.168 e. The van der Waals surface area contributed by atoms with Crippen LogP contribution < -0.4 is 0 Å². The molecule has 1 aromatic rings. The molecule has 96 valence electrons. The molecule has 1 N–H and O–H groups in total. The van der Waals surface area contributed by atoms with Gasteiger partial charge < -0.3 is 5.11 Å². The molecule has 0 aliphatic carbocycles. The van der Waals surface area contributed by atoms with Crippen molar-refractivity contribution in [2.45, 2.75) is 30.5 Å². The third kappa shape index (κ3) is 2.89. The van der Waals surface area contributed by atoms with Crippen LogP contribution in [-0.2, 0) is 9.84 Å². The van der Waals surface area contributed by atoms with Crippen LogP contribution in [0.3, 0.4) is 0 Å². The molecule has 5 heteroatoms. The molecule has 1 rings (SSSR count). The lowest BCUT2D eigenvalue weighted by Crippen LogP contribution is -2.36. The largest absolute Gasteiger partial charge is 0.386 e. The lowest BCUT2D eigenvalue weighted by atomic mass is 10.1. The number of rotatable bonds is 4. The second-order valence-corrected chi connectivity index (χ2v) is 9.03. The first-order chi connectivity index (χ1) is 7.72. The molecule has 0 fully saturated rings. The van der Waals surface area contributed by atoms with Crippen molar-refractivity contribution in [1.82, 2.24) is 0 Å². The molecule has 2 atom stereocenters. The summed E-state index contributed by atoms with van der Waals surface area (Å²) in [6.07, 6.45) is -1.09. The van der Waals surface area contributed by atoms with E-state index in [9.17, 15) is 13.5 Å². The Labute approximate surface area is 111 Å². The zero-order valence-electron chi connectivity index (χ0n) is 10.1. The van der Waals surface area contributed by atoms with Gasteiger partial charge in [-0.2, -0.15) is 0 Å². The van der Waals surface area contributed by atoms with E-state index in [-0.39, 0.29) is 5.75 Å². The van der Waals surface area contributed by atoms with Gasteiger partial charge in [0.2, 0.25) is 0 Å². The Morgan fingerprint density at radius 1 is 1.35 bits per heavy atom. The highest BCUT2D eigenvalue weighted by atomic mass is 79.9. The predicted molar refractivity (Wildman–Crippen MR) is 72.9 cm³/mol. The Kier molecular flexibility index (Phi) is 4.38. The molecular formula is C12H17BrO3S. The van der Waals surface area contributed by atoms with Gasteiger partial charge in [0.25, 0.3) is 0 Å². The predicted octanol–water partition coefficient (Wildman–Crippen LogP) is 2.57. The van der Waals surface area contributed by atoms with E-state index < -0.39 is 19.6 Å². The number of alkyl halides is 1. The summed E-state index contributed by atoms with van der Waals surface area (Å²) in [5, 5.41) is 10.2. The minimum absolute atomic E-state index is 0.0162. The van der Waals surface area contributed by atoms with Gasteiger partial charge in [0.15, 0.2) is 13.5 Å². The van der Waals surface area contributed by atoms with E-state index in [1.54, 1.807) is 19.1 Å². The monoisotopic (exact) mass is 320 g/mol. The molecule has 0 saturated heterocycles. The first-order valence-corrected chi connectivity index (χ1v) is 7.82. The summed E-state index contributed by atoms with van der Waals surface area (Å²) < 4.78 is 22.4. The van der Waals surface area contributed by atoms with Crippen molar-refractivity contribution in [2.24, 2.45) is 0 Å². The normalized spacial score (nSPS) is 17.5. The van der Waals surface area contributed by atoms with Crippen LogP contribution in [0.15, 0.2) is 24.3 Å². The highest BCUT2D eigenvalue weighted by Crippen LogP contribution is 2.38. The lowest BCUT2D eigenvalue weighted by molar-refractivity contribution is 0.167. The van der Waals surface area contributed by atoms with Gasteiger partial charge in [-0.05, 0) is 19.4 Å². The summed E-state index contributed by atoms with van der Waals surface area (Å²) in [4.78, 5) is 0. The molecule has 0 heterocycles. The zero-order valence-corrected chi connectivity index (χ0v) is 12.5. The van der Waals surface area contributed by atoms with Crippen molar-refractivity contribution >= 4 is 25.8 Å². The highest BCUT2D eigenvalue weighted by Gasteiger charge is 2.42. The average Bonchev–Trinajstić information content (AvgIpc) is 2.28. The minimum Gasteiger partial charge on any atom is -0.386 e. The fraction of sp³-hybridized carbons (Fsp3) is 0.500. The topological polar surface area (TPSA) is 54.4 Å². The molecule has 0 amide bonds. The fourth-order valence-electron chi connectivity index (χ4n) is 1.50. The second kappa shape index (κ2) is 5.08. The van der Waals surface area contributed by atoms with E-state index in [4.69, 9.17) is 0 Å². The SMILES string of the molecule is CCS(=O)(=O)[C@](C)(Br)[C@@H](O)c1ccc(C)cc1. The molecule has 0 unspecified atom stereocenters. The van der Waals surface area contributed by atoms with Crippen LogP contribution in [0.5, 0.6) is 0 Å². The molecule has 17 heavy (non-hydrogen) atoms. The van der Waals surface area contributed by atoms with Crippen LogP contribution in [0.4, 0.5) is 0 Å². The van der Waals surface area contributed by atoms with Crippen molar-refractivity contribution < 1.29 is 13.5 Å². The van der Waals surface area contributed by atoms with Gasteiger partial charge in [-0.15, -0.1) is 0 Å². The Morgan fingerprint density at radius 2 is 1.82 bits per heavy atom. The summed E-state index contributed by atoms with van der Waals surface area (Å²) >= 11 is 3.15. The number of aryl methyl sites for hydroxylation is 1. The number of hydrogen-bond acceptors (Lipinski definition) is 3. The molecule has 0 spiro atoms. The second-order valence-electron chi connectivity index (χ2n) is 4.20. The van der Waals surface area contributed by atoms with Gasteiger partial charge in [-0.3, -0.25) is 0 Å². The number of aliphatic hydroxyl groups is 1. The van der Waals surface area contributed by atoms with E-state index in [2.05, 4.69) is 15.9 Å². The summed E-state index contributed by atoms with van der Waals surface area (Å²) in [6.45, 7) is 4.99. The van der Waals surface area contributed by atoms with Crippen molar-refractivity contribution in [3.05, 3.63) is 35.4 Å². The van der Waals surface area contributed by atoms with Gasteiger partial charge in [-0.1, -0.05) is 52.7 Å². The van der Waals surface area contributed by atoms with E-state index in [0.29, 0.717) is 5.56 Å². The summed E-state index contributed by atoms with van der Waals surface area (Å²) in [6, 6.07) is 7.18. The van der Waals surface area contributed by atoms with Crippen LogP contribution in [0.25, 0.3) is 0 Å². The van der Waals surface area contributed by atoms with Gasteiger partial charge >= 0.3 is 0 Å². The first-order valence-electron chi connectivity index (χ1n) is 5.38. The zero-order chi connectivity index (χ0) is 13.3. The van der Waals surface area contributed by atoms with Crippen LogP contribution in [0, 0.1) is 6.92 Å². The van der Waals surface area contributed by atoms with Gasteiger partial charge in [-0.25, -0.2) is 8.42 Å². The number of sulfone groups is 1. The molecule has 0 aromatic heterocycles. The van der Waals surface area contributed by atoms with E-state index >= 15 is 0 Å². The Bertz CT molecular complexity index is 477. The maximum Gasteiger partial charge on any atom is 0.168 e. The van der Waals surface area contributed by atoms with Crippen molar-refractivity contribution in [3.8, 4) is 0 Å². The number of benzene rings is 1. The molecule has 3 nitrogen and oxygen atoms in total. The van der Waals surface area contributed by atoms with Crippen LogP contribution >= 0.6 is 15.9 Å². The summed E-state index contributed by atoms with van der Waals surface area (Å²) in [7, 11) is -3.39. The average molecular weight is 321 g/mol. The maximum atomic E-state index is 11.9. The molecule has 0 radical (unpaired) electrons. The van der Waals surface area contributed by atoms with E-state index in [1.807, 2.05) is 19.1 Å². The third-order valence-corrected chi connectivity index (χ3v) is 6.98.